The SMILES string of the molecule is N[C@@H]1CCC(=O)N(CC(F)F)C1=O. The molecule has 0 bridgehead atoms. The minimum Gasteiger partial charge on any atom is -0.320 e. The van der Waals surface area contributed by atoms with E-state index in [9.17, 15) is 18.4 Å². The van der Waals surface area contributed by atoms with Gasteiger partial charge in [-0.3, -0.25) is 14.5 Å². The molecule has 0 radical (unpaired) electrons. The average Bonchev–Trinajstić information content (AvgIpc) is 2.05. The maximum absolute atomic E-state index is 11.9. The largest absolute Gasteiger partial charge is 0.320 e. The number of halogens is 2. The summed E-state index contributed by atoms with van der Waals surface area (Å²) in [6.45, 7) is -0.842. The maximum atomic E-state index is 11.9. The zero-order valence-corrected chi connectivity index (χ0v) is 6.87. The number of nitrogens with two attached hydrogens (primary N) is 1. The van der Waals surface area contributed by atoms with Crippen LogP contribution in [0.2, 0.25) is 0 Å². The molecule has 1 rings (SSSR count). The van der Waals surface area contributed by atoms with Gasteiger partial charge in [0.25, 0.3) is 6.43 Å². The van der Waals surface area contributed by atoms with E-state index in [1.54, 1.807) is 0 Å². The molecule has 1 fully saturated rings. The molecule has 0 aromatic carbocycles. The molecule has 1 aliphatic heterocycles. The molecule has 2 N–H and O–H groups in total. The van der Waals surface area contributed by atoms with Crippen LogP contribution in [0.1, 0.15) is 12.8 Å². The Morgan fingerprint density at radius 3 is 2.69 bits per heavy atom. The number of carbonyl (C=O) groups excluding carboxylic acids is 2. The first-order chi connectivity index (χ1) is 6.02. The molecule has 1 heterocycles. The Balaban J connectivity index is 2.67. The second kappa shape index (κ2) is 3.78. The molecular weight excluding hydrogens is 182 g/mol. The van der Waals surface area contributed by atoms with Gasteiger partial charge >= 0.3 is 0 Å². The van der Waals surface area contributed by atoms with Crippen LogP contribution < -0.4 is 5.73 Å². The van der Waals surface area contributed by atoms with E-state index in [2.05, 4.69) is 0 Å². The first-order valence-corrected chi connectivity index (χ1v) is 3.90. The number of amides is 2. The van der Waals surface area contributed by atoms with Crippen LogP contribution in [0.5, 0.6) is 0 Å². The Labute approximate surface area is 73.7 Å². The number of imide groups is 1. The predicted octanol–water partition coefficient (Wildman–Crippen LogP) is -0.272. The summed E-state index contributed by atoms with van der Waals surface area (Å²) in [7, 11) is 0. The van der Waals surface area contributed by atoms with Gasteiger partial charge in [0.15, 0.2) is 0 Å². The highest BCUT2D eigenvalue weighted by Gasteiger charge is 2.33. The first-order valence-electron chi connectivity index (χ1n) is 3.90. The van der Waals surface area contributed by atoms with Crippen molar-refractivity contribution in [1.82, 2.24) is 4.90 Å². The number of nitrogens with zero attached hydrogens (tertiary/aromatic N) is 1. The Morgan fingerprint density at radius 1 is 1.54 bits per heavy atom. The van der Waals surface area contributed by atoms with E-state index >= 15 is 0 Å². The molecule has 0 aromatic rings. The molecule has 0 aromatic heterocycles. The molecule has 0 aliphatic carbocycles. The number of carbonyl (C=O) groups is 2. The molecule has 4 nitrogen and oxygen atoms in total. The van der Waals surface area contributed by atoms with Gasteiger partial charge in [-0.1, -0.05) is 0 Å². The molecule has 0 saturated carbocycles. The second-order valence-electron chi connectivity index (χ2n) is 2.88. The molecule has 6 heteroatoms. The highest BCUT2D eigenvalue weighted by molar-refractivity contribution is 6.00. The van der Waals surface area contributed by atoms with E-state index in [0.717, 1.165) is 0 Å². The smallest absolute Gasteiger partial charge is 0.256 e. The van der Waals surface area contributed by atoms with Crippen molar-refractivity contribution in [2.75, 3.05) is 6.54 Å². The third kappa shape index (κ3) is 2.21. The monoisotopic (exact) mass is 192 g/mol. The standard InChI is InChI=1S/C7H10F2N2O2/c8-5(9)3-11-6(12)2-1-4(10)7(11)13/h4-5H,1-3,10H2/t4-/m1/s1. The van der Waals surface area contributed by atoms with Crippen molar-refractivity contribution in [2.24, 2.45) is 5.73 Å². The number of likely N-dealkylation sites (tertiary alicyclic amines) is 1. The zero-order chi connectivity index (χ0) is 10.0. The van der Waals surface area contributed by atoms with Crippen molar-refractivity contribution >= 4 is 11.8 Å². The van der Waals surface area contributed by atoms with E-state index in [1.807, 2.05) is 0 Å². The Kier molecular flexibility index (Phi) is 2.92. The molecule has 74 valence electrons. The Hall–Kier alpha value is -1.04. The quantitative estimate of drug-likeness (QED) is 0.612. The van der Waals surface area contributed by atoms with E-state index in [4.69, 9.17) is 5.73 Å². The summed E-state index contributed by atoms with van der Waals surface area (Å²) in [6.07, 6.45) is -2.38. The van der Waals surface area contributed by atoms with Gasteiger partial charge in [-0.25, -0.2) is 8.78 Å². The fourth-order valence-electron chi connectivity index (χ4n) is 1.19. The van der Waals surface area contributed by atoms with Crippen molar-refractivity contribution in [1.29, 1.82) is 0 Å². The van der Waals surface area contributed by atoms with E-state index < -0.39 is 30.8 Å². The highest BCUT2D eigenvalue weighted by Crippen LogP contribution is 2.12. The lowest BCUT2D eigenvalue weighted by Gasteiger charge is -2.28. The number of piperidine rings is 1. The topological polar surface area (TPSA) is 63.4 Å². The number of rotatable bonds is 2. The fraction of sp³-hybridized carbons (Fsp3) is 0.714. The van der Waals surface area contributed by atoms with Crippen LogP contribution in [0, 0.1) is 0 Å². The fourth-order valence-corrected chi connectivity index (χ4v) is 1.19. The molecule has 2 amide bonds. The van der Waals surface area contributed by atoms with Crippen molar-refractivity contribution in [2.45, 2.75) is 25.3 Å². The van der Waals surface area contributed by atoms with Gasteiger partial charge in [-0.2, -0.15) is 0 Å². The lowest BCUT2D eigenvalue weighted by molar-refractivity contribution is -0.151. The van der Waals surface area contributed by atoms with Crippen LogP contribution in [0.15, 0.2) is 0 Å². The summed E-state index contributed by atoms with van der Waals surface area (Å²) in [5.41, 5.74) is 5.32. The minimum atomic E-state index is -2.70. The van der Waals surface area contributed by atoms with Crippen LogP contribution in [-0.2, 0) is 9.59 Å². The zero-order valence-electron chi connectivity index (χ0n) is 6.87. The van der Waals surface area contributed by atoms with Gasteiger partial charge < -0.3 is 5.73 Å². The van der Waals surface area contributed by atoms with E-state index in [1.165, 1.54) is 0 Å². The van der Waals surface area contributed by atoms with Crippen molar-refractivity contribution in [3.63, 3.8) is 0 Å². The third-order valence-corrected chi connectivity index (χ3v) is 1.87. The maximum Gasteiger partial charge on any atom is 0.256 e. The Morgan fingerprint density at radius 2 is 2.15 bits per heavy atom. The van der Waals surface area contributed by atoms with E-state index in [0.29, 0.717) is 4.90 Å². The summed E-state index contributed by atoms with van der Waals surface area (Å²) in [5.74, 6) is -1.26. The minimum absolute atomic E-state index is 0.0691. The van der Waals surface area contributed by atoms with Gasteiger partial charge in [0, 0.05) is 6.42 Å². The Bertz CT molecular complexity index is 233. The molecule has 13 heavy (non-hydrogen) atoms. The molecule has 1 aliphatic rings. The first kappa shape index (κ1) is 10.0. The molecule has 0 spiro atoms. The highest BCUT2D eigenvalue weighted by atomic mass is 19.3. The van der Waals surface area contributed by atoms with Crippen LogP contribution in [0.3, 0.4) is 0 Å². The summed E-state index contributed by atoms with van der Waals surface area (Å²) in [5, 5.41) is 0. The van der Waals surface area contributed by atoms with Gasteiger partial charge in [0.1, 0.15) is 0 Å². The molecule has 1 saturated heterocycles. The predicted molar refractivity (Wildman–Crippen MR) is 39.9 cm³/mol. The van der Waals surface area contributed by atoms with Crippen LogP contribution in [0.25, 0.3) is 0 Å². The number of hydrogen-bond acceptors (Lipinski definition) is 3. The average molecular weight is 192 g/mol. The number of hydrogen-bond donors (Lipinski definition) is 1. The van der Waals surface area contributed by atoms with Crippen molar-refractivity contribution in [3.05, 3.63) is 0 Å². The van der Waals surface area contributed by atoms with Gasteiger partial charge in [0.05, 0.1) is 12.6 Å². The van der Waals surface area contributed by atoms with Crippen molar-refractivity contribution < 1.29 is 18.4 Å². The lowest BCUT2D eigenvalue weighted by atomic mass is 10.1. The van der Waals surface area contributed by atoms with Crippen LogP contribution in [-0.4, -0.2) is 35.7 Å². The molecule has 0 unspecified atom stereocenters. The summed E-state index contributed by atoms with van der Waals surface area (Å²) in [4.78, 5) is 22.7. The summed E-state index contributed by atoms with van der Waals surface area (Å²) >= 11 is 0. The van der Waals surface area contributed by atoms with Gasteiger partial charge in [-0.15, -0.1) is 0 Å². The summed E-state index contributed by atoms with van der Waals surface area (Å²) in [6, 6.07) is -0.809. The van der Waals surface area contributed by atoms with Gasteiger partial charge in [-0.05, 0) is 6.42 Å². The molecular formula is C7H10F2N2O2. The lowest BCUT2D eigenvalue weighted by Crippen LogP contribution is -2.52. The third-order valence-electron chi connectivity index (χ3n) is 1.87. The normalized spacial score (nSPS) is 24.3. The van der Waals surface area contributed by atoms with Crippen LogP contribution >= 0.6 is 0 Å². The van der Waals surface area contributed by atoms with E-state index in [-0.39, 0.29) is 12.8 Å². The van der Waals surface area contributed by atoms with Crippen molar-refractivity contribution in [3.8, 4) is 0 Å². The second-order valence-corrected chi connectivity index (χ2v) is 2.88. The van der Waals surface area contributed by atoms with Crippen LogP contribution in [0.4, 0.5) is 8.78 Å². The van der Waals surface area contributed by atoms with Gasteiger partial charge in [0.2, 0.25) is 11.8 Å². The number of alkyl halides is 2. The molecule has 1 atom stereocenters. The summed E-state index contributed by atoms with van der Waals surface area (Å²) < 4.78 is 23.8.